The highest BCUT2D eigenvalue weighted by Gasteiger charge is 2.22. The van der Waals surface area contributed by atoms with Gasteiger partial charge in [0, 0.05) is 63.7 Å². The van der Waals surface area contributed by atoms with Crippen LogP contribution in [0.25, 0.3) is 70.9 Å². The average molecular weight is 639 g/mol. The lowest BCUT2D eigenvalue weighted by molar-refractivity contribution is 1.19. The summed E-state index contributed by atoms with van der Waals surface area (Å²) in [6.07, 6.45) is 7.32. The summed E-state index contributed by atoms with van der Waals surface area (Å²) in [5, 5.41) is 10.1. The standard InChI is InChI=1S/C46H30N4/c1-2-10-32(11-3-1)50-43-17-9-8-16-40(43)44-39-15-7-5-13-37(39)42-30-41(36-12-4-6-14-38(36)45(42)46(44)50)31-18-20-33(21-19-31)49(34-22-26-47-27-23-34)35-24-28-48-29-25-35/h1-30H. The van der Waals surface area contributed by atoms with Gasteiger partial charge in [-0.3, -0.25) is 9.97 Å². The zero-order valence-corrected chi connectivity index (χ0v) is 27.1. The molecule has 7 aromatic carbocycles. The van der Waals surface area contributed by atoms with Crippen molar-refractivity contribution in [3.63, 3.8) is 0 Å². The van der Waals surface area contributed by atoms with E-state index < -0.39 is 0 Å². The van der Waals surface area contributed by atoms with Crippen molar-refractivity contribution in [2.24, 2.45) is 0 Å². The van der Waals surface area contributed by atoms with E-state index in [0.29, 0.717) is 0 Å². The average Bonchev–Trinajstić information content (AvgIpc) is 3.54. The van der Waals surface area contributed by atoms with Gasteiger partial charge in [0.25, 0.3) is 0 Å². The molecule has 0 fully saturated rings. The van der Waals surface area contributed by atoms with E-state index >= 15 is 0 Å². The van der Waals surface area contributed by atoms with Gasteiger partial charge in [0.15, 0.2) is 0 Å². The van der Waals surface area contributed by atoms with Gasteiger partial charge < -0.3 is 9.47 Å². The Bertz CT molecular complexity index is 2800. The first-order valence-corrected chi connectivity index (χ1v) is 16.9. The lowest BCUT2D eigenvalue weighted by atomic mass is 9.89. The fourth-order valence-corrected chi connectivity index (χ4v) is 7.84. The highest BCUT2D eigenvalue weighted by molar-refractivity contribution is 6.37. The molecule has 0 saturated carbocycles. The normalized spacial score (nSPS) is 11.6. The highest BCUT2D eigenvalue weighted by atomic mass is 15.1. The smallest absolute Gasteiger partial charge is 0.0632 e. The van der Waals surface area contributed by atoms with Crippen LogP contribution in [0.3, 0.4) is 0 Å². The van der Waals surface area contributed by atoms with Crippen LogP contribution >= 0.6 is 0 Å². The fourth-order valence-electron chi connectivity index (χ4n) is 7.84. The Balaban J connectivity index is 1.27. The molecule has 50 heavy (non-hydrogen) atoms. The number of fused-ring (bicyclic) bond motifs is 10. The third kappa shape index (κ3) is 4.32. The van der Waals surface area contributed by atoms with E-state index in [-0.39, 0.29) is 0 Å². The monoisotopic (exact) mass is 638 g/mol. The van der Waals surface area contributed by atoms with E-state index in [9.17, 15) is 0 Å². The molecule has 234 valence electrons. The van der Waals surface area contributed by atoms with Crippen molar-refractivity contribution in [3.8, 4) is 16.8 Å². The predicted molar refractivity (Wildman–Crippen MR) is 209 cm³/mol. The number of benzene rings is 7. The van der Waals surface area contributed by atoms with E-state index in [2.05, 4.69) is 153 Å². The topological polar surface area (TPSA) is 34.0 Å². The minimum absolute atomic E-state index is 1.04. The first-order valence-electron chi connectivity index (χ1n) is 16.9. The summed E-state index contributed by atoms with van der Waals surface area (Å²) in [5.41, 5.74) is 9.15. The molecular weight excluding hydrogens is 609 g/mol. The Kier molecular flexibility index (Phi) is 6.46. The Morgan fingerprint density at radius 3 is 1.56 bits per heavy atom. The second-order valence-corrected chi connectivity index (χ2v) is 12.6. The minimum Gasteiger partial charge on any atom is -0.310 e. The van der Waals surface area contributed by atoms with Crippen molar-refractivity contribution >= 4 is 71.2 Å². The summed E-state index contributed by atoms with van der Waals surface area (Å²) in [5.74, 6) is 0. The van der Waals surface area contributed by atoms with Crippen molar-refractivity contribution in [1.29, 1.82) is 0 Å². The maximum absolute atomic E-state index is 4.26. The van der Waals surface area contributed by atoms with E-state index in [1.54, 1.807) is 0 Å². The molecule has 4 nitrogen and oxygen atoms in total. The lowest BCUT2D eigenvalue weighted by Gasteiger charge is -2.25. The highest BCUT2D eigenvalue weighted by Crippen LogP contribution is 2.47. The number of nitrogens with zero attached hydrogens (tertiary/aromatic N) is 4. The maximum atomic E-state index is 4.26. The molecule has 0 radical (unpaired) electrons. The van der Waals surface area contributed by atoms with Gasteiger partial charge in [-0.25, -0.2) is 0 Å². The van der Waals surface area contributed by atoms with Crippen molar-refractivity contribution in [2.75, 3.05) is 4.90 Å². The fraction of sp³-hybridized carbons (Fsp3) is 0. The maximum Gasteiger partial charge on any atom is 0.0632 e. The third-order valence-corrected chi connectivity index (χ3v) is 9.94. The number of aromatic nitrogens is 3. The lowest BCUT2D eigenvalue weighted by Crippen LogP contribution is -2.09. The Labute approximate surface area is 289 Å². The van der Waals surface area contributed by atoms with Crippen LogP contribution in [0.5, 0.6) is 0 Å². The summed E-state index contributed by atoms with van der Waals surface area (Å²) < 4.78 is 2.47. The van der Waals surface area contributed by atoms with Crippen molar-refractivity contribution in [1.82, 2.24) is 14.5 Å². The van der Waals surface area contributed by atoms with Gasteiger partial charge in [0.2, 0.25) is 0 Å². The summed E-state index contributed by atoms with van der Waals surface area (Å²) in [6.45, 7) is 0. The first-order chi connectivity index (χ1) is 24.8. The quantitative estimate of drug-likeness (QED) is 0.176. The molecule has 3 aromatic heterocycles. The van der Waals surface area contributed by atoms with Gasteiger partial charge in [-0.05, 0) is 98.7 Å². The van der Waals surface area contributed by atoms with Crippen LogP contribution in [-0.4, -0.2) is 14.5 Å². The second kappa shape index (κ2) is 11.4. The van der Waals surface area contributed by atoms with E-state index in [1.165, 1.54) is 65.3 Å². The molecule has 0 N–H and O–H groups in total. The summed E-state index contributed by atoms with van der Waals surface area (Å²) in [4.78, 5) is 10.7. The van der Waals surface area contributed by atoms with Gasteiger partial charge in [-0.1, -0.05) is 97.1 Å². The molecule has 0 aliphatic heterocycles. The molecule has 0 atom stereocenters. The summed E-state index contributed by atoms with van der Waals surface area (Å²) in [6, 6.07) is 56.9. The molecule has 0 spiro atoms. The Hall–Kier alpha value is -6.78. The summed E-state index contributed by atoms with van der Waals surface area (Å²) >= 11 is 0. The molecule has 0 bridgehead atoms. The molecule has 0 aliphatic carbocycles. The minimum atomic E-state index is 1.04. The number of rotatable bonds is 5. The molecule has 0 aliphatic rings. The van der Waals surface area contributed by atoms with Crippen LogP contribution in [0.1, 0.15) is 0 Å². The molecule has 3 heterocycles. The molecule has 10 rings (SSSR count). The predicted octanol–water partition coefficient (Wildman–Crippen LogP) is 12.2. The number of hydrogen-bond donors (Lipinski definition) is 0. The molecule has 0 amide bonds. The van der Waals surface area contributed by atoms with Crippen molar-refractivity contribution in [2.45, 2.75) is 0 Å². The third-order valence-electron chi connectivity index (χ3n) is 9.94. The largest absolute Gasteiger partial charge is 0.310 e. The number of para-hydroxylation sites is 2. The first kappa shape index (κ1) is 28.3. The van der Waals surface area contributed by atoms with Crippen LogP contribution < -0.4 is 4.90 Å². The van der Waals surface area contributed by atoms with Crippen molar-refractivity contribution in [3.05, 3.63) is 183 Å². The van der Waals surface area contributed by atoms with Crippen LogP contribution in [0.15, 0.2) is 183 Å². The van der Waals surface area contributed by atoms with E-state index in [0.717, 1.165) is 22.7 Å². The van der Waals surface area contributed by atoms with Crippen LogP contribution in [0.4, 0.5) is 17.1 Å². The van der Waals surface area contributed by atoms with Crippen LogP contribution in [-0.2, 0) is 0 Å². The number of anilines is 3. The molecule has 10 aromatic rings. The molecular formula is C46H30N4. The number of pyridine rings is 2. The zero-order valence-electron chi connectivity index (χ0n) is 27.1. The van der Waals surface area contributed by atoms with Crippen LogP contribution in [0, 0.1) is 0 Å². The zero-order chi connectivity index (χ0) is 33.0. The summed E-state index contributed by atoms with van der Waals surface area (Å²) in [7, 11) is 0. The van der Waals surface area contributed by atoms with Crippen molar-refractivity contribution < 1.29 is 0 Å². The Morgan fingerprint density at radius 2 is 0.900 bits per heavy atom. The van der Waals surface area contributed by atoms with Gasteiger partial charge in [0.05, 0.1) is 11.0 Å². The van der Waals surface area contributed by atoms with Gasteiger partial charge in [-0.2, -0.15) is 0 Å². The van der Waals surface area contributed by atoms with E-state index in [4.69, 9.17) is 0 Å². The molecule has 0 unspecified atom stereocenters. The second-order valence-electron chi connectivity index (χ2n) is 12.6. The molecule has 4 heteroatoms. The Morgan fingerprint density at radius 1 is 0.400 bits per heavy atom. The van der Waals surface area contributed by atoms with Crippen LogP contribution in [0.2, 0.25) is 0 Å². The van der Waals surface area contributed by atoms with Gasteiger partial charge >= 0.3 is 0 Å². The van der Waals surface area contributed by atoms with Gasteiger partial charge in [0.1, 0.15) is 0 Å². The molecule has 0 saturated heterocycles. The SMILES string of the molecule is c1ccc(-n2c3ccccc3c3c4ccccc4c4cc(-c5ccc(N(c6ccncc6)c6ccncc6)cc5)c5ccccc5c4c32)cc1. The number of hydrogen-bond acceptors (Lipinski definition) is 3. The van der Waals surface area contributed by atoms with E-state index in [1.807, 2.05) is 49.1 Å². The van der Waals surface area contributed by atoms with Gasteiger partial charge in [-0.15, -0.1) is 0 Å².